The summed E-state index contributed by atoms with van der Waals surface area (Å²) in [6.45, 7) is 3.63. The minimum absolute atomic E-state index is 0.122. The van der Waals surface area contributed by atoms with Crippen LogP contribution in [0.1, 0.15) is 25.5 Å². The molecule has 3 atom stereocenters. The summed E-state index contributed by atoms with van der Waals surface area (Å²) >= 11 is 0. The van der Waals surface area contributed by atoms with Crippen LogP contribution in [0.2, 0.25) is 0 Å². The predicted octanol–water partition coefficient (Wildman–Crippen LogP) is 1.92. The van der Waals surface area contributed by atoms with Crippen LogP contribution in [0.5, 0.6) is 0 Å². The second-order valence-corrected chi connectivity index (χ2v) is 4.39. The van der Waals surface area contributed by atoms with Gasteiger partial charge in [0.05, 0.1) is 6.10 Å². The van der Waals surface area contributed by atoms with E-state index in [-0.39, 0.29) is 6.10 Å². The highest BCUT2D eigenvalue weighted by Gasteiger charge is 2.39. The Morgan fingerprint density at radius 3 is 2.61 bits per heavy atom. The Morgan fingerprint density at radius 1 is 1.33 bits per heavy atom. The van der Waals surface area contributed by atoms with Gasteiger partial charge in [-0.25, -0.2) is 4.39 Å². The summed E-state index contributed by atoms with van der Waals surface area (Å²) in [6, 6.07) is 8.82. The van der Waals surface area contributed by atoms with E-state index < -0.39 is 24.6 Å². The Balaban J connectivity index is 2.15. The third-order valence-electron chi connectivity index (χ3n) is 2.57. The van der Waals surface area contributed by atoms with Crippen molar-refractivity contribution in [3.8, 4) is 0 Å². The van der Waals surface area contributed by atoms with Crippen LogP contribution >= 0.6 is 0 Å². The summed E-state index contributed by atoms with van der Waals surface area (Å²) in [4.78, 5) is 11.5. The van der Waals surface area contributed by atoms with E-state index in [2.05, 4.69) is 5.32 Å². The van der Waals surface area contributed by atoms with Gasteiger partial charge in [0.15, 0.2) is 0 Å². The fourth-order valence-electron chi connectivity index (χ4n) is 1.77. The molecule has 5 heteroatoms. The lowest BCUT2D eigenvalue weighted by Gasteiger charge is -2.33. The molecule has 18 heavy (non-hydrogen) atoms. The molecule has 0 bridgehead atoms. The Labute approximate surface area is 105 Å². The standard InChI is InChI=1S/C13H16FNO3/c1-8(2)17-13-15-12(16)10(14)11(18-13)9-6-4-3-5-7-9/h3-8,10-11,13H,1-2H3,(H,15,16)/t10-,11+,13+/m1/s1. The summed E-state index contributed by atoms with van der Waals surface area (Å²) in [5.41, 5.74) is 0.622. The Morgan fingerprint density at radius 2 is 2.00 bits per heavy atom. The summed E-state index contributed by atoms with van der Waals surface area (Å²) in [6.07, 6.45) is -3.68. The highest BCUT2D eigenvalue weighted by molar-refractivity contribution is 5.82. The number of nitrogens with one attached hydrogen (secondary N) is 1. The molecule has 1 aromatic carbocycles. The van der Waals surface area contributed by atoms with Crippen molar-refractivity contribution in [3.63, 3.8) is 0 Å². The zero-order chi connectivity index (χ0) is 13.1. The number of alkyl halides is 1. The van der Waals surface area contributed by atoms with E-state index in [9.17, 15) is 9.18 Å². The molecule has 1 aliphatic rings. The maximum Gasteiger partial charge on any atom is 0.261 e. The fourth-order valence-corrected chi connectivity index (χ4v) is 1.77. The fraction of sp³-hybridized carbons (Fsp3) is 0.462. The topological polar surface area (TPSA) is 47.6 Å². The molecule has 98 valence electrons. The lowest BCUT2D eigenvalue weighted by molar-refractivity contribution is -0.235. The Bertz CT molecular complexity index is 410. The number of hydrogen-bond acceptors (Lipinski definition) is 3. The first-order valence-electron chi connectivity index (χ1n) is 5.88. The molecular formula is C13H16FNO3. The van der Waals surface area contributed by atoms with Gasteiger partial charge in [-0.1, -0.05) is 30.3 Å². The van der Waals surface area contributed by atoms with E-state index in [0.29, 0.717) is 5.56 Å². The van der Waals surface area contributed by atoms with Gasteiger partial charge in [0.1, 0.15) is 6.10 Å². The lowest BCUT2D eigenvalue weighted by Crippen LogP contribution is -2.52. The normalized spacial score (nSPS) is 28.2. The van der Waals surface area contributed by atoms with Gasteiger partial charge in [0.25, 0.3) is 5.91 Å². The predicted molar refractivity (Wildman–Crippen MR) is 63.3 cm³/mol. The maximum absolute atomic E-state index is 13.8. The first-order valence-corrected chi connectivity index (χ1v) is 5.88. The van der Waals surface area contributed by atoms with Gasteiger partial charge in [-0.05, 0) is 19.4 Å². The molecular weight excluding hydrogens is 237 g/mol. The molecule has 1 fully saturated rings. The van der Waals surface area contributed by atoms with Gasteiger partial charge in [-0.3, -0.25) is 4.79 Å². The number of rotatable bonds is 3. The minimum Gasteiger partial charge on any atom is -0.333 e. The molecule has 2 rings (SSSR count). The molecule has 1 saturated heterocycles. The van der Waals surface area contributed by atoms with Crippen LogP contribution < -0.4 is 5.32 Å². The van der Waals surface area contributed by atoms with Crippen molar-refractivity contribution >= 4 is 5.91 Å². The first kappa shape index (κ1) is 13.0. The van der Waals surface area contributed by atoms with Gasteiger partial charge in [-0.15, -0.1) is 0 Å². The van der Waals surface area contributed by atoms with Gasteiger partial charge in [0.2, 0.25) is 12.6 Å². The number of carbonyl (C=O) groups is 1. The number of carbonyl (C=O) groups excluding carboxylic acids is 1. The van der Waals surface area contributed by atoms with Crippen molar-refractivity contribution in [2.45, 2.75) is 38.6 Å². The summed E-state index contributed by atoms with van der Waals surface area (Å²) in [7, 11) is 0. The largest absolute Gasteiger partial charge is 0.333 e. The van der Waals surface area contributed by atoms with E-state index in [1.165, 1.54) is 0 Å². The summed E-state index contributed by atoms with van der Waals surface area (Å²) < 4.78 is 24.6. The van der Waals surface area contributed by atoms with Crippen LogP contribution in [-0.2, 0) is 14.3 Å². The van der Waals surface area contributed by atoms with Crippen LogP contribution in [0, 0.1) is 0 Å². The quantitative estimate of drug-likeness (QED) is 0.895. The highest BCUT2D eigenvalue weighted by Crippen LogP contribution is 2.28. The average molecular weight is 253 g/mol. The van der Waals surface area contributed by atoms with Crippen LogP contribution in [0.15, 0.2) is 30.3 Å². The zero-order valence-electron chi connectivity index (χ0n) is 10.3. The van der Waals surface area contributed by atoms with Crippen LogP contribution in [0.4, 0.5) is 4.39 Å². The highest BCUT2D eigenvalue weighted by atomic mass is 19.1. The van der Waals surface area contributed by atoms with Gasteiger partial charge in [0, 0.05) is 0 Å². The summed E-state index contributed by atoms with van der Waals surface area (Å²) in [5, 5.41) is 2.34. The Kier molecular flexibility index (Phi) is 3.93. The second-order valence-electron chi connectivity index (χ2n) is 4.39. The maximum atomic E-state index is 13.8. The van der Waals surface area contributed by atoms with Crippen LogP contribution in [0.25, 0.3) is 0 Å². The van der Waals surface area contributed by atoms with Crippen molar-refractivity contribution in [2.24, 2.45) is 0 Å². The lowest BCUT2D eigenvalue weighted by atomic mass is 10.0. The molecule has 0 aliphatic carbocycles. The SMILES string of the molecule is CC(C)O[C@@H]1NC(=O)[C@H](F)[C@H](c2ccccc2)O1. The van der Waals surface area contributed by atoms with E-state index in [1.54, 1.807) is 24.3 Å². The van der Waals surface area contributed by atoms with Gasteiger partial charge < -0.3 is 14.8 Å². The smallest absolute Gasteiger partial charge is 0.261 e. The van der Waals surface area contributed by atoms with Crippen molar-refractivity contribution < 1.29 is 18.7 Å². The molecule has 0 saturated carbocycles. The Hall–Kier alpha value is -1.46. The van der Waals surface area contributed by atoms with E-state index in [0.717, 1.165) is 0 Å². The molecule has 1 heterocycles. The van der Waals surface area contributed by atoms with Crippen molar-refractivity contribution in [2.75, 3.05) is 0 Å². The number of halogens is 1. The molecule has 1 N–H and O–H groups in total. The molecule has 1 aromatic rings. The van der Waals surface area contributed by atoms with Gasteiger partial charge in [-0.2, -0.15) is 0 Å². The molecule has 0 radical (unpaired) electrons. The molecule has 0 aromatic heterocycles. The van der Waals surface area contributed by atoms with E-state index in [4.69, 9.17) is 9.47 Å². The molecule has 0 unspecified atom stereocenters. The van der Waals surface area contributed by atoms with Crippen molar-refractivity contribution in [1.29, 1.82) is 0 Å². The number of ether oxygens (including phenoxy) is 2. The molecule has 1 amide bonds. The van der Waals surface area contributed by atoms with Crippen molar-refractivity contribution in [1.82, 2.24) is 5.32 Å². The second kappa shape index (κ2) is 5.46. The monoisotopic (exact) mass is 253 g/mol. The molecule has 4 nitrogen and oxygen atoms in total. The molecule has 1 aliphatic heterocycles. The third-order valence-corrected chi connectivity index (χ3v) is 2.57. The van der Waals surface area contributed by atoms with Crippen LogP contribution in [0.3, 0.4) is 0 Å². The van der Waals surface area contributed by atoms with Crippen LogP contribution in [-0.4, -0.2) is 24.6 Å². The average Bonchev–Trinajstić information content (AvgIpc) is 2.34. The summed E-state index contributed by atoms with van der Waals surface area (Å²) in [5.74, 6) is -0.708. The number of hydrogen-bond donors (Lipinski definition) is 1. The minimum atomic E-state index is -1.72. The van der Waals surface area contributed by atoms with E-state index >= 15 is 0 Å². The zero-order valence-corrected chi connectivity index (χ0v) is 10.3. The third kappa shape index (κ3) is 2.86. The van der Waals surface area contributed by atoms with Gasteiger partial charge >= 0.3 is 0 Å². The number of benzene rings is 1. The molecule has 0 spiro atoms. The van der Waals surface area contributed by atoms with Crippen molar-refractivity contribution in [3.05, 3.63) is 35.9 Å². The van der Waals surface area contributed by atoms with E-state index in [1.807, 2.05) is 19.9 Å². The number of amides is 1. The first-order chi connectivity index (χ1) is 8.58.